The lowest BCUT2D eigenvalue weighted by atomic mass is 10.0. The Morgan fingerprint density at radius 1 is 0.466 bits per heavy atom. The van der Waals surface area contributed by atoms with Crippen LogP contribution in [-0.2, 0) is 0 Å². The van der Waals surface area contributed by atoms with E-state index in [9.17, 15) is 10.5 Å². The minimum Gasteiger partial charge on any atom is -0.497 e. The zero-order chi connectivity index (χ0) is 40.2. The third kappa shape index (κ3) is 6.91. The molecule has 1 aliphatic heterocycles. The molecule has 0 saturated carbocycles. The molecule has 0 bridgehead atoms. The SMILES string of the molecule is COc1ccc(C2=C(c3ccc(OC)cc3)N(c3ccc(C#N)cc3)C(c3nc(-c4ccc(OC)cc4)c(-c4ccc(OC)cc4)[nH]3)N2c2ccc(C#N)cc2)cc1. The van der Waals surface area contributed by atoms with Crippen molar-refractivity contribution in [3.8, 4) is 57.7 Å². The largest absolute Gasteiger partial charge is 0.497 e. The number of rotatable bonds is 11. The number of nitriles is 2. The number of aromatic nitrogens is 2. The van der Waals surface area contributed by atoms with Gasteiger partial charge in [-0.25, -0.2) is 4.98 Å². The third-order valence-corrected chi connectivity index (χ3v) is 10.2. The zero-order valence-electron chi connectivity index (χ0n) is 32.3. The molecule has 0 fully saturated rings. The number of anilines is 2. The number of imidazole rings is 1. The summed E-state index contributed by atoms with van der Waals surface area (Å²) in [5.41, 5.74) is 9.65. The Kier molecular flexibility index (Phi) is 10.2. The Hall–Kier alpha value is -7.95. The molecule has 0 unspecified atom stereocenters. The predicted octanol–water partition coefficient (Wildman–Crippen LogP) is 10.1. The first-order valence-electron chi connectivity index (χ1n) is 18.5. The molecule has 0 spiro atoms. The molecule has 0 atom stereocenters. The van der Waals surface area contributed by atoms with E-state index in [0.717, 1.165) is 79.4 Å². The van der Waals surface area contributed by atoms with E-state index in [1.54, 1.807) is 28.4 Å². The van der Waals surface area contributed by atoms with Crippen LogP contribution in [0.2, 0.25) is 0 Å². The second-order valence-corrected chi connectivity index (χ2v) is 13.4. The van der Waals surface area contributed by atoms with E-state index in [0.29, 0.717) is 17.0 Å². The van der Waals surface area contributed by atoms with E-state index in [4.69, 9.17) is 23.9 Å². The number of hydrogen-bond donors (Lipinski definition) is 1. The molecule has 8 rings (SSSR count). The van der Waals surface area contributed by atoms with Crippen LogP contribution in [0, 0.1) is 22.7 Å². The molecule has 0 radical (unpaired) electrons. The fraction of sp³-hybridized carbons (Fsp3) is 0.104. The minimum absolute atomic E-state index is 0.537. The lowest BCUT2D eigenvalue weighted by molar-refractivity contribution is 0.414. The number of nitrogens with one attached hydrogen (secondary N) is 1. The first-order chi connectivity index (χ1) is 28.5. The summed E-state index contributed by atoms with van der Waals surface area (Å²) in [7, 11) is 6.59. The highest BCUT2D eigenvalue weighted by Gasteiger charge is 2.44. The van der Waals surface area contributed by atoms with Crippen LogP contribution in [0.4, 0.5) is 11.4 Å². The average molecular weight is 763 g/mol. The van der Waals surface area contributed by atoms with Crippen LogP contribution in [0.15, 0.2) is 146 Å². The molecule has 0 aliphatic carbocycles. The van der Waals surface area contributed by atoms with Gasteiger partial charge in [0.1, 0.15) is 23.0 Å². The van der Waals surface area contributed by atoms with Crippen LogP contribution in [0.3, 0.4) is 0 Å². The maximum absolute atomic E-state index is 9.83. The number of ether oxygens (including phenoxy) is 4. The van der Waals surface area contributed by atoms with Crippen molar-refractivity contribution in [3.63, 3.8) is 0 Å². The highest BCUT2D eigenvalue weighted by molar-refractivity contribution is 6.07. The zero-order valence-corrected chi connectivity index (χ0v) is 32.3. The number of hydrogen-bond acceptors (Lipinski definition) is 9. The van der Waals surface area contributed by atoms with Crippen molar-refractivity contribution >= 4 is 22.8 Å². The van der Waals surface area contributed by atoms with E-state index >= 15 is 0 Å². The van der Waals surface area contributed by atoms with Crippen LogP contribution in [0.25, 0.3) is 33.9 Å². The topological polar surface area (TPSA) is 120 Å². The van der Waals surface area contributed by atoms with Crippen molar-refractivity contribution < 1.29 is 18.9 Å². The summed E-state index contributed by atoms with van der Waals surface area (Å²) in [4.78, 5) is 13.8. The van der Waals surface area contributed by atoms with Crippen LogP contribution >= 0.6 is 0 Å². The Balaban J connectivity index is 1.45. The van der Waals surface area contributed by atoms with Crippen LogP contribution in [-0.4, -0.2) is 38.4 Å². The number of benzene rings is 6. The van der Waals surface area contributed by atoms with Gasteiger partial charge < -0.3 is 33.7 Å². The molecule has 7 aromatic rings. The van der Waals surface area contributed by atoms with Crippen molar-refractivity contribution in [3.05, 3.63) is 174 Å². The summed E-state index contributed by atoms with van der Waals surface area (Å²) in [6, 6.07) is 51.4. The van der Waals surface area contributed by atoms with Crippen LogP contribution in [0.5, 0.6) is 23.0 Å². The Bertz CT molecular complexity index is 2470. The molecule has 0 saturated heterocycles. The van der Waals surface area contributed by atoms with Gasteiger partial charge in [0.05, 0.1) is 74.5 Å². The fourth-order valence-electron chi connectivity index (χ4n) is 7.25. The highest BCUT2D eigenvalue weighted by atomic mass is 16.5. The van der Waals surface area contributed by atoms with E-state index in [2.05, 4.69) is 26.9 Å². The first-order valence-corrected chi connectivity index (χ1v) is 18.5. The predicted molar refractivity (Wildman–Crippen MR) is 225 cm³/mol. The molecule has 1 aromatic heterocycles. The summed E-state index contributed by atoms with van der Waals surface area (Å²) >= 11 is 0. The molecule has 2 heterocycles. The van der Waals surface area contributed by atoms with Gasteiger partial charge in [-0.15, -0.1) is 0 Å². The quantitative estimate of drug-likeness (QED) is 0.137. The summed E-state index contributed by atoms with van der Waals surface area (Å²) in [6.45, 7) is 0. The molecule has 0 amide bonds. The van der Waals surface area contributed by atoms with Gasteiger partial charge in [0.2, 0.25) is 0 Å². The molecule has 1 N–H and O–H groups in total. The third-order valence-electron chi connectivity index (χ3n) is 10.2. The van der Waals surface area contributed by atoms with Crippen LogP contribution < -0.4 is 28.7 Å². The Labute approximate surface area is 337 Å². The van der Waals surface area contributed by atoms with Gasteiger partial charge >= 0.3 is 0 Å². The summed E-state index contributed by atoms with van der Waals surface area (Å²) in [6.07, 6.45) is -0.626. The lowest BCUT2D eigenvalue weighted by Gasteiger charge is -2.34. The number of methoxy groups -OCH3 is 4. The van der Waals surface area contributed by atoms with Crippen molar-refractivity contribution in [1.29, 1.82) is 10.5 Å². The van der Waals surface area contributed by atoms with Gasteiger partial charge in [-0.3, -0.25) is 0 Å². The van der Waals surface area contributed by atoms with Gasteiger partial charge in [0, 0.05) is 33.6 Å². The maximum Gasteiger partial charge on any atom is 0.170 e. The monoisotopic (exact) mass is 762 g/mol. The maximum atomic E-state index is 9.83. The smallest absolute Gasteiger partial charge is 0.170 e. The summed E-state index contributed by atoms with van der Waals surface area (Å²) in [5, 5.41) is 19.7. The van der Waals surface area contributed by atoms with Gasteiger partial charge in [-0.2, -0.15) is 10.5 Å². The van der Waals surface area contributed by atoms with E-state index in [1.807, 2.05) is 146 Å². The Morgan fingerprint density at radius 2 is 0.810 bits per heavy atom. The average Bonchev–Trinajstić information content (AvgIpc) is 3.90. The molecule has 6 aromatic carbocycles. The summed E-state index contributed by atoms with van der Waals surface area (Å²) in [5.74, 6) is 3.55. The number of aromatic amines is 1. The minimum atomic E-state index is -0.626. The van der Waals surface area contributed by atoms with Crippen molar-refractivity contribution in [2.75, 3.05) is 38.2 Å². The first kappa shape index (κ1) is 37.0. The highest BCUT2D eigenvalue weighted by Crippen LogP contribution is 2.52. The molecule has 1 aliphatic rings. The molecule has 284 valence electrons. The second-order valence-electron chi connectivity index (χ2n) is 13.4. The van der Waals surface area contributed by atoms with Crippen LogP contribution in [0.1, 0.15) is 34.2 Å². The Morgan fingerprint density at radius 3 is 1.16 bits per heavy atom. The number of H-pyrrole nitrogens is 1. The van der Waals surface area contributed by atoms with E-state index < -0.39 is 6.17 Å². The second kappa shape index (κ2) is 16.0. The summed E-state index contributed by atoms with van der Waals surface area (Å²) < 4.78 is 22.2. The van der Waals surface area contributed by atoms with Gasteiger partial charge in [0.15, 0.2) is 12.0 Å². The standard InChI is InChI=1S/C48H38N6O4/c1-55-39-21-9-33(10-22-39)43-44(34-11-23-40(56-2)24-12-34)52-47(51-43)48-53(37-17-5-31(29-49)6-18-37)45(35-13-25-41(57-3)26-14-35)46(36-15-27-42(58-4)28-16-36)54(48)38-19-7-32(30-50)8-20-38/h5-28,48H,1-4H3,(H,51,52). The van der Waals surface area contributed by atoms with Crippen molar-refractivity contribution in [2.45, 2.75) is 6.17 Å². The number of nitrogens with zero attached hydrogens (tertiary/aromatic N) is 5. The molecular weight excluding hydrogens is 725 g/mol. The van der Waals surface area contributed by atoms with E-state index in [1.165, 1.54) is 0 Å². The van der Waals surface area contributed by atoms with E-state index in [-0.39, 0.29) is 0 Å². The fourth-order valence-corrected chi connectivity index (χ4v) is 7.25. The normalized spacial score (nSPS) is 12.6. The van der Waals surface area contributed by atoms with Gasteiger partial charge in [-0.1, -0.05) is 0 Å². The molecule has 58 heavy (non-hydrogen) atoms. The van der Waals surface area contributed by atoms with Gasteiger partial charge in [-0.05, 0) is 146 Å². The molecule has 10 nitrogen and oxygen atoms in total. The van der Waals surface area contributed by atoms with Crippen molar-refractivity contribution in [1.82, 2.24) is 9.97 Å². The molecule has 10 heteroatoms. The molecular formula is C48H38N6O4. The van der Waals surface area contributed by atoms with Crippen molar-refractivity contribution in [2.24, 2.45) is 0 Å². The lowest BCUT2D eigenvalue weighted by Crippen LogP contribution is -2.33. The van der Waals surface area contributed by atoms with Gasteiger partial charge in [0.25, 0.3) is 0 Å².